The summed E-state index contributed by atoms with van der Waals surface area (Å²) in [5, 5.41) is 12.6. The minimum atomic E-state index is -0.892. The summed E-state index contributed by atoms with van der Waals surface area (Å²) < 4.78 is 0. The minimum Gasteiger partial charge on any atom is -0.478 e. The number of aromatic nitrogens is 1. The van der Waals surface area contributed by atoms with Crippen molar-refractivity contribution >= 4 is 11.8 Å². The molecule has 4 heteroatoms. The molecule has 2 rings (SSSR count). The number of hydrogen-bond donors (Lipinski definition) is 2. The Labute approximate surface area is 114 Å². The van der Waals surface area contributed by atoms with Crippen molar-refractivity contribution in [1.82, 2.24) is 4.98 Å². The second-order valence-corrected chi connectivity index (χ2v) is 5.40. The quantitative estimate of drug-likeness (QED) is 0.873. The third-order valence-electron chi connectivity index (χ3n) is 3.93. The van der Waals surface area contributed by atoms with E-state index in [-0.39, 0.29) is 0 Å². The first-order chi connectivity index (χ1) is 9.10. The molecule has 0 saturated heterocycles. The number of aryl methyl sites for hydroxylation is 1. The summed E-state index contributed by atoms with van der Waals surface area (Å²) in [5.74, 6) is 0.432. The smallest absolute Gasteiger partial charge is 0.335 e. The van der Waals surface area contributed by atoms with Gasteiger partial charge in [0.25, 0.3) is 0 Å². The van der Waals surface area contributed by atoms with Gasteiger partial charge in [-0.15, -0.1) is 0 Å². The first-order valence-electron chi connectivity index (χ1n) is 7.11. The molecule has 1 aromatic heterocycles. The van der Waals surface area contributed by atoms with Gasteiger partial charge in [0, 0.05) is 11.7 Å². The molecule has 1 heterocycles. The SMILES string of the molecule is CCc1cc(C(=O)O)cc(NC2CCCCC2C)n1. The Bertz CT molecular complexity index is 459. The molecule has 0 amide bonds. The standard InChI is InChI=1S/C15H22N2O2/c1-3-12-8-11(15(18)19)9-14(16-12)17-13-7-5-4-6-10(13)2/h8-10,13H,3-7H2,1-2H3,(H,16,17)(H,18,19). The highest BCUT2D eigenvalue weighted by molar-refractivity contribution is 5.88. The van der Waals surface area contributed by atoms with Gasteiger partial charge >= 0.3 is 5.97 Å². The van der Waals surface area contributed by atoms with Gasteiger partial charge in [0.05, 0.1) is 5.56 Å². The fraction of sp³-hybridized carbons (Fsp3) is 0.600. The van der Waals surface area contributed by atoms with E-state index in [0.717, 1.165) is 18.5 Å². The van der Waals surface area contributed by atoms with E-state index in [4.69, 9.17) is 5.11 Å². The first kappa shape index (κ1) is 13.8. The Morgan fingerprint density at radius 2 is 2.16 bits per heavy atom. The summed E-state index contributed by atoms with van der Waals surface area (Å²) in [6.07, 6.45) is 5.65. The summed E-state index contributed by atoms with van der Waals surface area (Å²) in [4.78, 5) is 15.6. The molecule has 104 valence electrons. The molecule has 4 nitrogen and oxygen atoms in total. The van der Waals surface area contributed by atoms with Crippen LogP contribution in [0.3, 0.4) is 0 Å². The van der Waals surface area contributed by atoms with Crippen molar-refractivity contribution in [2.24, 2.45) is 5.92 Å². The largest absolute Gasteiger partial charge is 0.478 e. The molecule has 2 N–H and O–H groups in total. The maximum Gasteiger partial charge on any atom is 0.335 e. The molecule has 19 heavy (non-hydrogen) atoms. The highest BCUT2D eigenvalue weighted by Gasteiger charge is 2.21. The third kappa shape index (κ3) is 3.46. The molecule has 0 aliphatic heterocycles. The highest BCUT2D eigenvalue weighted by Crippen LogP contribution is 2.26. The van der Waals surface area contributed by atoms with Crippen molar-refractivity contribution in [2.75, 3.05) is 5.32 Å². The number of carboxylic acid groups (broad SMARTS) is 1. The van der Waals surface area contributed by atoms with Crippen LogP contribution in [0.5, 0.6) is 0 Å². The Kier molecular flexibility index (Phi) is 4.40. The van der Waals surface area contributed by atoms with E-state index in [9.17, 15) is 4.79 Å². The van der Waals surface area contributed by atoms with Gasteiger partial charge in [-0.25, -0.2) is 9.78 Å². The summed E-state index contributed by atoms with van der Waals surface area (Å²) in [5.41, 5.74) is 1.14. The van der Waals surface area contributed by atoms with Crippen LogP contribution in [0.25, 0.3) is 0 Å². The van der Waals surface area contributed by atoms with E-state index in [2.05, 4.69) is 17.2 Å². The van der Waals surface area contributed by atoms with Gasteiger partial charge in [-0.05, 0) is 37.3 Å². The number of anilines is 1. The molecule has 0 bridgehead atoms. The van der Waals surface area contributed by atoms with Crippen LogP contribution >= 0.6 is 0 Å². The van der Waals surface area contributed by atoms with Crippen LogP contribution in [0.1, 0.15) is 55.6 Å². The topological polar surface area (TPSA) is 62.2 Å². The first-order valence-corrected chi connectivity index (χ1v) is 7.11. The predicted octanol–water partition coefficient (Wildman–Crippen LogP) is 3.33. The molecule has 0 spiro atoms. The monoisotopic (exact) mass is 262 g/mol. The molecular formula is C15H22N2O2. The van der Waals surface area contributed by atoms with Crippen molar-refractivity contribution in [3.63, 3.8) is 0 Å². The minimum absolute atomic E-state index is 0.317. The summed E-state index contributed by atoms with van der Waals surface area (Å²) in [6.45, 7) is 4.24. The van der Waals surface area contributed by atoms with Gasteiger partial charge in [0.1, 0.15) is 5.82 Å². The normalized spacial score (nSPS) is 23.1. The van der Waals surface area contributed by atoms with Crippen LogP contribution in [0.2, 0.25) is 0 Å². The summed E-state index contributed by atoms with van der Waals surface area (Å²) >= 11 is 0. The van der Waals surface area contributed by atoms with E-state index < -0.39 is 5.97 Å². The number of nitrogens with one attached hydrogen (secondary N) is 1. The van der Waals surface area contributed by atoms with Gasteiger partial charge in [-0.2, -0.15) is 0 Å². The van der Waals surface area contributed by atoms with Gasteiger partial charge in [0.2, 0.25) is 0 Å². The molecule has 1 fully saturated rings. The highest BCUT2D eigenvalue weighted by atomic mass is 16.4. The van der Waals surface area contributed by atoms with Gasteiger partial charge in [-0.3, -0.25) is 0 Å². The Morgan fingerprint density at radius 1 is 1.42 bits per heavy atom. The van der Waals surface area contributed by atoms with E-state index in [1.54, 1.807) is 12.1 Å². The average molecular weight is 262 g/mol. The van der Waals surface area contributed by atoms with Crippen molar-refractivity contribution in [2.45, 2.75) is 52.0 Å². The molecule has 1 saturated carbocycles. The van der Waals surface area contributed by atoms with Crippen LogP contribution in [0, 0.1) is 5.92 Å². The van der Waals surface area contributed by atoms with Crippen LogP contribution in [-0.4, -0.2) is 22.1 Å². The van der Waals surface area contributed by atoms with Gasteiger partial charge in [-0.1, -0.05) is 26.7 Å². The maximum absolute atomic E-state index is 11.1. The van der Waals surface area contributed by atoms with Crippen molar-refractivity contribution in [3.8, 4) is 0 Å². The van der Waals surface area contributed by atoms with Crippen LogP contribution in [0.4, 0.5) is 5.82 Å². The van der Waals surface area contributed by atoms with Gasteiger partial charge in [0.15, 0.2) is 0 Å². The zero-order valence-corrected chi connectivity index (χ0v) is 11.6. The number of aromatic carboxylic acids is 1. The Hall–Kier alpha value is -1.58. The summed E-state index contributed by atoms with van der Waals surface area (Å²) in [6, 6.07) is 3.70. The van der Waals surface area contributed by atoms with Crippen LogP contribution in [-0.2, 0) is 6.42 Å². The number of carbonyl (C=O) groups is 1. The number of pyridine rings is 1. The second-order valence-electron chi connectivity index (χ2n) is 5.40. The second kappa shape index (κ2) is 6.04. The number of carboxylic acids is 1. The molecule has 2 atom stereocenters. The van der Waals surface area contributed by atoms with E-state index in [1.807, 2.05) is 6.92 Å². The molecule has 0 aromatic carbocycles. The van der Waals surface area contributed by atoms with E-state index in [1.165, 1.54) is 19.3 Å². The fourth-order valence-electron chi connectivity index (χ4n) is 2.69. The lowest BCUT2D eigenvalue weighted by atomic mass is 9.86. The molecule has 1 aliphatic rings. The van der Waals surface area contributed by atoms with Crippen molar-refractivity contribution < 1.29 is 9.90 Å². The summed E-state index contributed by atoms with van der Waals surface area (Å²) in [7, 11) is 0. The van der Waals surface area contributed by atoms with Crippen molar-refractivity contribution in [1.29, 1.82) is 0 Å². The lowest BCUT2D eigenvalue weighted by Gasteiger charge is -2.30. The molecular weight excluding hydrogens is 240 g/mol. The van der Waals surface area contributed by atoms with Crippen LogP contribution < -0.4 is 5.32 Å². The van der Waals surface area contributed by atoms with Gasteiger partial charge < -0.3 is 10.4 Å². The predicted molar refractivity (Wildman–Crippen MR) is 75.6 cm³/mol. The number of rotatable bonds is 4. The Balaban J connectivity index is 2.18. The zero-order chi connectivity index (χ0) is 13.8. The average Bonchev–Trinajstić information content (AvgIpc) is 2.41. The zero-order valence-electron chi connectivity index (χ0n) is 11.6. The number of hydrogen-bond acceptors (Lipinski definition) is 3. The van der Waals surface area contributed by atoms with E-state index >= 15 is 0 Å². The lowest BCUT2D eigenvalue weighted by molar-refractivity contribution is 0.0696. The van der Waals surface area contributed by atoms with Crippen LogP contribution in [0.15, 0.2) is 12.1 Å². The Morgan fingerprint density at radius 3 is 2.79 bits per heavy atom. The molecule has 2 unspecified atom stereocenters. The number of nitrogens with zero attached hydrogens (tertiary/aromatic N) is 1. The molecule has 1 aromatic rings. The molecule has 1 aliphatic carbocycles. The lowest BCUT2D eigenvalue weighted by Crippen LogP contribution is -2.30. The third-order valence-corrected chi connectivity index (χ3v) is 3.93. The van der Waals surface area contributed by atoms with Crippen molar-refractivity contribution in [3.05, 3.63) is 23.4 Å². The maximum atomic E-state index is 11.1. The fourth-order valence-corrected chi connectivity index (χ4v) is 2.69. The molecule has 0 radical (unpaired) electrons. The van der Waals surface area contributed by atoms with E-state index in [0.29, 0.717) is 23.3 Å².